The Morgan fingerprint density at radius 1 is 1.00 bits per heavy atom. The van der Waals surface area contributed by atoms with Crippen LogP contribution in [0.1, 0.15) is 30.1 Å². The number of para-hydroxylation sites is 2. The normalized spacial score (nSPS) is 14.1. The van der Waals surface area contributed by atoms with Gasteiger partial charge in [-0.05, 0) is 56.2 Å². The molecule has 0 radical (unpaired) electrons. The molecule has 0 bridgehead atoms. The third kappa shape index (κ3) is 6.13. The molecule has 1 aliphatic heterocycles. The lowest BCUT2D eigenvalue weighted by molar-refractivity contribution is -0.124. The summed E-state index contributed by atoms with van der Waals surface area (Å²) in [6.07, 6.45) is 1.45. The predicted molar refractivity (Wildman–Crippen MR) is 121 cm³/mol. The maximum absolute atomic E-state index is 12.7. The van der Waals surface area contributed by atoms with Crippen LogP contribution in [0.15, 0.2) is 48.5 Å². The zero-order valence-electron chi connectivity index (χ0n) is 18.5. The van der Waals surface area contributed by atoms with Crippen LogP contribution in [-0.4, -0.2) is 63.2 Å². The summed E-state index contributed by atoms with van der Waals surface area (Å²) in [6.45, 7) is 3.60. The van der Waals surface area contributed by atoms with Gasteiger partial charge in [-0.15, -0.1) is 0 Å². The SMILES string of the molecule is CCOc1ccccc1OCC(=O)NC1CCN(C(=O)c2ccc(N(C)C)cc2)CC1. The summed E-state index contributed by atoms with van der Waals surface area (Å²) >= 11 is 0. The zero-order chi connectivity index (χ0) is 22.2. The molecule has 3 rings (SSSR count). The van der Waals surface area contributed by atoms with Crippen LogP contribution in [-0.2, 0) is 4.79 Å². The number of carbonyl (C=O) groups excluding carboxylic acids is 2. The average molecular weight is 426 g/mol. The van der Waals surface area contributed by atoms with Crippen LogP contribution in [0.25, 0.3) is 0 Å². The average Bonchev–Trinajstić information content (AvgIpc) is 2.79. The number of anilines is 1. The van der Waals surface area contributed by atoms with Crippen LogP contribution in [0.5, 0.6) is 11.5 Å². The minimum Gasteiger partial charge on any atom is -0.490 e. The lowest BCUT2D eigenvalue weighted by Gasteiger charge is -2.32. The number of hydrogen-bond donors (Lipinski definition) is 1. The molecular weight excluding hydrogens is 394 g/mol. The highest BCUT2D eigenvalue weighted by atomic mass is 16.5. The highest BCUT2D eigenvalue weighted by Crippen LogP contribution is 2.26. The van der Waals surface area contributed by atoms with Gasteiger partial charge in [0.05, 0.1) is 6.61 Å². The van der Waals surface area contributed by atoms with Crippen molar-refractivity contribution in [1.29, 1.82) is 0 Å². The number of nitrogens with zero attached hydrogens (tertiary/aromatic N) is 2. The van der Waals surface area contributed by atoms with E-state index < -0.39 is 0 Å². The number of benzene rings is 2. The van der Waals surface area contributed by atoms with Gasteiger partial charge in [0.15, 0.2) is 18.1 Å². The summed E-state index contributed by atoms with van der Waals surface area (Å²) in [5, 5.41) is 3.01. The van der Waals surface area contributed by atoms with Crippen LogP contribution in [0.3, 0.4) is 0 Å². The summed E-state index contributed by atoms with van der Waals surface area (Å²) in [6, 6.07) is 15.0. The second-order valence-corrected chi connectivity index (χ2v) is 7.74. The smallest absolute Gasteiger partial charge is 0.258 e. The Balaban J connectivity index is 1.44. The van der Waals surface area contributed by atoms with Crippen LogP contribution in [0.4, 0.5) is 5.69 Å². The molecule has 7 nitrogen and oxygen atoms in total. The molecule has 7 heteroatoms. The van der Waals surface area contributed by atoms with E-state index in [1.807, 2.05) is 73.3 Å². The number of hydrogen-bond acceptors (Lipinski definition) is 5. The van der Waals surface area contributed by atoms with Crippen molar-refractivity contribution in [2.24, 2.45) is 0 Å². The predicted octanol–water partition coefficient (Wildman–Crippen LogP) is 2.95. The third-order valence-corrected chi connectivity index (χ3v) is 5.29. The van der Waals surface area contributed by atoms with Gasteiger partial charge in [0.1, 0.15) is 0 Å². The molecule has 0 atom stereocenters. The van der Waals surface area contributed by atoms with E-state index >= 15 is 0 Å². The number of amides is 2. The first-order valence-corrected chi connectivity index (χ1v) is 10.7. The molecule has 1 fully saturated rings. The highest BCUT2D eigenvalue weighted by Gasteiger charge is 2.24. The van der Waals surface area contributed by atoms with Gasteiger partial charge in [-0.25, -0.2) is 0 Å². The molecule has 0 saturated carbocycles. The minimum atomic E-state index is -0.171. The molecule has 1 saturated heterocycles. The van der Waals surface area contributed by atoms with Gasteiger partial charge in [-0.3, -0.25) is 9.59 Å². The Morgan fingerprint density at radius 3 is 2.19 bits per heavy atom. The molecule has 1 aliphatic rings. The number of rotatable bonds is 8. The summed E-state index contributed by atoms with van der Waals surface area (Å²) in [7, 11) is 3.94. The van der Waals surface area contributed by atoms with Crippen LogP contribution < -0.4 is 19.7 Å². The third-order valence-electron chi connectivity index (χ3n) is 5.29. The Bertz CT molecular complexity index is 875. The summed E-state index contributed by atoms with van der Waals surface area (Å²) in [4.78, 5) is 28.9. The number of carbonyl (C=O) groups is 2. The van der Waals surface area contributed by atoms with Gasteiger partial charge in [-0.1, -0.05) is 12.1 Å². The molecule has 0 spiro atoms. The Morgan fingerprint density at radius 2 is 1.61 bits per heavy atom. The van der Waals surface area contributed by atoms with Crippen LogP contribution >= 0.6 is 0 Å². The van der Waals surface area contributed by atoms with Gasteiger partial charge >= 0.3 is 0 Å². The molecule has 0 unspecified atom stereocenters. The maximum atomic E-state index is 12.7. The van der Waals surface area contributed by atoms with E-state index in [2.05, 4.69) is 5.32 Å². The summed E-state index contributed by atoms with van der Waals surface area (Å²) in [5.41, 5.74) is 1.75. The molecule has 2 amide bonds. The van der Waals surface area contributed by atoms with Crippen molar-refractivity contribution in [3.8, 4) is 11.5 Å². The maximum Gasteiger partial charge on any atom is 0.258 e. The largest absolute Gasteiger partial charge is 0.490 e. The first-order valence-electron chi connectivity index (χ1n) is 10.7. The molecule has 1 heterocycles. The first-order chi connectivity index (χ1) is 15.0. The van der Waals surface area contributed by atoms with Gasteiger partial charge in [0, 0.05) is 44.5 Å². The Kier molecular flexibility index (Phi) is 7.76. The van der Waals surface area contributed by atoms with Crippen LogP contribution in [0, 0.1) is 0 Å². The molecule has 2 aromatic rings. The van der Waals surface area contributed by atoms with E-state index in [0.29, 0.717) is 36.8 Å². The number of ether oxygens (including phenoxy) is 2. The van der Waals surface area contributed by atoms with E-state index in [1.54, 1.807) is 6.07 Å². The molecule has 2 aromatic carbocycles. The van der Waals surface area contributed by atoms with Crippen molar-refractivity contribution in [1.82, 2.24) is 10.2 Å². The molecule has 1 N–H and O–H groups in total. The fourth-order valence-electron chi connectivity index (χ4n) is 3.57. The monoisotopic (exact) mass is 425 g/mol. The van der Waals surface area contributed by atoms with Crippen molar-refractivity contribution >= 4 is 17.5 Å². The van der Waals surface area contributed by atoms with Crippen molar-refractivity contribution in [2.75, 3.05) is 45.3 Å². The second kappa shape index (κ2) is 10.7. The fourth-order valence-corrected chi connectivity index (χ4v) is 3.57. The zero-order valence-corrected chi connectivity index (χ0v) is 18.5. The van der Waals surface area contributed by atoms with Crippen molar-refractivity contribution < 1.29 is 19.1 Å². The van der Waals surface area contributed by atoms with Crippen molar-refractivity contribution in [3.05, 3.63) is 54.1 Å². The number of piperidine rings is 1. The molecular formula is C24H31N3O4. The van der Waals surface area contributed by atoms with E-state index in [-0.39, 0.29) is 24.5 Å². The van der Waals surface area contributed by atoms with E-state index in [4.69, 9.17) is 9.47 Å². The quantitative estimate of drug-likeness (QED) is 0.704. The highest BCUT2D eigenvalue weighted by molar-refractivity contribution is 5.94. The Labute approximate surface area is 183 Å². The lowest BCUT2D eigenvalue weighted by Crippen LogP contribution is -2.47. The summed E-state index contributed by atoms with van der Waals surface area (Å²) in [5.74, 6) is 1.05. The van der Waals surface area contributed by atoms with E-state index in [9.17, 15) is 9.59 Å². The molecule has 166 valence electrons. The van der Waals surface area contributed by atoms with E-state index in [0.717, 1.165) is 18.5 Å². The van der Waals surface area contributed by atoms with Gasteiger partial charge in [0.2, 0.25) is 0 Å². The molecule has 0 aromatic heterocycles. The Hall–Kier alpha value is -3.22. The number of nitrogens with one attached hydrogen (secondary N) is 1. The lowest BCUT2D eigenvalue weighted by atomic mass is 10.0. The van der Waals surface area contributed by atoms with Crippen molar-refractivity contribution in [3.63, 3.8) is 0 Å². The second-order valence-electron chi connectivity index (χ2n) is 7.74. The fraction of sp³-hybridized carbons (Fsp3) is 0.417. The molecule has 0 aliphatic carbocycles. The number of likely N-dealkylation sites (tertiary alicyclic amines) is 1. The van der Waals surface area contributed by atoms with Gasteiger partial charge < -0.3 is 24.6 Å². The molecule has 31 heavy (non-hydrogen) atoms. The van der Waals surface area contributed by atoms with Gasteiger partial charge in [0.25, 0.3) is 11.8 Å². The first kappa shape index (κ1) is 22.5. The van der Waals surface area contributed by atoms with E-state index in [1.165, 1.54) is 0 Å². The van der Waals surface area contributed by atoms with Crippen LogP contribution in [0.2, 0.25) is 0 Å². The summed E-state index contributed by atoms with van der Waals surface area (Å²) < 4.78 is 11.1. The van der Waals surface area contributed by atoms with Crippen molar-refractivity contribution in [2.45, 2.75) is 25.8 Å². The minimum absolute atomic E-state index is 0.0333. The standard InChI is InChI=1S/C24H31N3O4/c1-4-30-21-7-5-6-8-22(21)31-17-23(28)25-19-13-15-27(16-14-19)24(29)18-9-11-20(12-10-18)26(2)3/h5-12,19H,4,13-17H2,1-3H3,(H,25,28). The van der Waals surface area contributed by atoms with Gasteiger partial charge in [-0.2, -0.15) is 0 Å². The topological polar surface area (TPSA) is 71.1 Å².